The molecular formula is C30H37N3O5S. The first kappa shape index (κ1) is 29.7. The van der Waals surface area contributed by atoms with Crippen LogP contribution in [-0.4, -0.2) is 51.4 Å². The minimum absolute atomic E-state index is 0.0813. The summed E-state index contributed by atoms with van der Waals surface area (Å²) < 4.78 is 34.0. The lowest BCUT2D eigenvalue weighted by Crippen LogP contribution is -2.51. The van der Waals surface area contributed by atoms with Crippen molar-refractivity contribution in [3.05, 3.63) is 89.5 Å². The van der Waals surface area contributed by atoms with E-state index in [1.165, 1.54) is 17.0 Å². The van der Waals surface area contributed by atoms with Crippen molar-refractivity contribution in [3.63, 3.8) is 0 Å². The summed E-state index contributed by atoms with van der Waals surface area (Å²) in [6.45, 7) is 7.46. The molecule has 0 spiro atoms. The predicted molar refractivity (Wildman–Crippen MR) is 153 cm³/mol. The average Bonchev–Trinajstić information content (AvgIpc) is 2.93. The van der Waals surface area contributed by atoms with E-state index in [1.54, 1.807) is 56.5 Å². The van der Waals surface area contributed by atoms with Crippen LogP contribution in [0.1, 0.15) is 37.0 Å². The summed E-state index contributed by atoms with van der Waals surface area (Å²) in [7, 11) is -2.52. The molecule has 0 heterocycles. The van der Waals surface area contributed by atoms with Gasteiger partial charge in [0.1, 0.15) is 18.3 Å². The lowest BCUT2D eigenvalue weighted by Gasteiger charge is -2.32. The largest absolute Gasteiger partial charge is 0.497 e. The molecule has 0 radical (unpaired) electrons. The van der Waals surface area contributed by atoms with Crippen molar-refractivity contribution in [3.8, 4) is 5.75 Å². The highest BCUT2D eigenvalue weighted by Gasteiger charge is 2.32. The van der Waals surface area contributed by atoms with E-state index in [0.717, 1.165) is 27.4 Å². The molecule has 0 aliphatic carbocycles. The summed E-state index contributed by atoms with van der Waals surface area (Å²) >= 11 is 0. The highest BCUT2D eigenvalue weighted by Crippen LogP contribution is 2.26. The van der Waals surface area contributed by atoms with Gasteiger partial charge in [-0.25, -0.2) is 8.42 Å². The Labute approximate surface area is 231 Å². The van der Waals surface area contributed by atoms with Gasteiger partial charge in [0.2, 0.25) is 11.8 Å². The number of methoxy groups -OCH3 is 1. The molecule has 208 valence electrons. The summed E-state index contributed by atoms with van der Waals surface area (Å²) in [5.74, 6) is -0.135. The van der Waals surface area contributed by atoms with Crippen LogP contribution in [0.2, 0.25) is 0 Å². The Kier molecular flexibility index (Phi) is 10.1. The first-order valence-corrected chi connectivity index (χ1v) is 14.4. The summed E-state index contributed by atoms with van der Waals surface area (Å²) in [6.07, 6.45) is 0.751. The number of anilines is 1. The van der Waals surface area contributed by atoms with Crippen molar-refractivity contribution in [1.29, 1.82) is 0 Å². The topological polar surface area (TPSA) is 96.0 Å². The number of carbonyl (C=O) groups is 2. The van der Waals surface area contributed by atoms with E-state index in [0.29, 0.717) is 18.0 Å². The predicted octanol–water partition coefficient (Wildman–Crippen LogP) is 4.45. The van der Waals surface area contributed by atoms with Crippen molar-refractivity contribution in [2.75, 3.05) is 24.5 Å². The quantitative estimate of drug-likeness (QED) is 0.359. The minimum Gasteiger partial charge on any atom is -0.497 e. The molecule has 1 atom stereocenters. The third-order valence-corrected chi connectivity index (χ3v) is 8.19. The molecule has 0 saturated heterocycles. The fraction of sp³-hybridized carbons (Fsp3) is 0.333. The van der Waals surface area contributed by atoms with Gasteiger partial charge >= 0.3 is 0 Å². The fourth-order valence-electron chi connectivity index (χ4n) is 4.06. The van der Waals surface area contributed by atoms with Crippen LogP contribution in [0, 0.1) is 13.8 Å². The maximum absolute atomic E-state index is 13.9. The number of nitrogens with zero attached hydrogens (tertiary/aromatic N) is 2. The first-order chi connectivity index (χ1) is 18.6. The normalized spacial score (nSPS) is 11.9. The third-order valence-electron chi connectivity index (χ3n) is 6.41. The smallest absolute Gasteiger partial charge is 0.264 e. The summed E-state index contributed by atoms with van der Waals surface area (Å²) in [6, 6.07) is 19.9. The van der Waals surface area contributed by atoms with E-state index in [4.69, 9.17) is 4.74 Å². The summed E-state index contributed by atoms with van der Waals surface area (Å²) in [5.41, 5.74) is 2.93. The number of amides is 2. The number of hydrogen-bond acceptors (Lipinski definition) is 5. The molecule has 3 aromatic rings. The molecule has 2 amide bonds. The van der Waals surface area contributed by atoms with E-state index in [9.17, 15) is 18.0 Å². The van der Waals surface area contributed by atoms with Crippen molar-refractivity contribution >= 4 is 27.5 Å². The molecule has 9 heteroatoms. The second-order valence-corrected chi connectivity index (χ2v) is 11.4. The number of rotatable bonds is 12. The van der Waals surface area contributed by atoms with Crippen LogP contribution in [0.3, 0.4) is 0 Å². The molecule has 1 N–H and O–H groups in total. The van der Waals surface area contributed by atoms with Crippen molar-refractivity contribution in [2.24, 2.45) is 0 Å². The Morgan fingerprint density at radius 3 is 2.21 bits per heavy atom. The highest BCUT2D eigenvalue weighted by molar-refractivity contribution is 7.92. The maximum atomic E-state index is 13.9. The van der Waals surface area contributed by atoms with E-state index in [-0.39, 0.29) is 17.3 Å². The Bertz CT molecular complexity index is 1370. The molecule has 0 bridgehead atoms. The molecule has 0 saturated carbocycles. The van der Waals surface area contributed by atoms with Gasteiger partial charge in [0, 0.05) is 13.1 Å². The number of carbonyl (C=O) groups excluding carboxylic acids is 2. The molecule has 39 heavy (non-hydrogen) atoms. The number of ether oxygens (including phenoxy) is 1. The first-order valence-electron chi connectivity index (χ1n) is 12.9. The Balaban J connectivity index is 2.01. The van der Waals surface area contributed by atoms with Crippen molar-refractivity contribution in [1.82, 2.24) is 10.2 Å². The van der Waals surface area contributed by atoms with Gasteiger partial charge in [-0.15, -0.1) is 0 Å². The molecular weight excluding hydrogens is 514 g/mol. The number of hydrogen-bond donors (Lipinski definition) is 1. The Hall–Kier alpha value is -3.85. The van der Waals surface area contributed by atoms with Crippen LogP contribution >= 0.6 is 0 Å². The number of nitrogens with one attached hydrogen (secondary N) is 1. The SMILES string of the molecule is CCCNC(=O)C(C)N(Cc1ccc(OC)cc1)C(=O)CN(c1cccc(C)c1)S(=O)(=O)c1ccc(C)cc1. The average molecular weight is 552 g/mol. The second-order valence-electron chi connectivity index (χ2n) is 9.50. The summed E-state index contributed by atoms with van der Waals surface area (Å²) in [4.78, 5) is 28.3. The standard InChI is InChI=1S/C30H37N3O5S/c1-6-18-31-30(35)24(4)32(20-25-12-14-27(38-5)15-13-25)29(34)21-33(26-9-7-8-23(3)19-26)39(36,37)28-16-10-22(2)11-17-28/h7-17,19,24H,6,18,20-21H2,1-5H3,(H,31,35). The van der Waals surface area contributed by atoms with Gasteiger partial charge in [0.25, 0.3) is 10.0 Å². The third kappa shape index (κ3) is 7.60. The molecule has 3 aromatic carbocycles. The van der Waals surface area contributed by atoms with Crippen LogP contribution < -0.4 is 14.4 Å². The molecule has 8 nitrogen and oxygen atoms in total. The maximum Gasteiger partial charge on any atom is 0.264 e. The van der Waals surface area contributed by atoms with Crippen LogP contribution in [0.4, 0.5) is 5.69 Å². The van der Waals surface area contributed by atoms with Crippen LogP contribution in [-0.2, 0) is 26.2 Å². The number of aryl methyl sites for hydroxylation is 2. The second kappa shape index (κ2) is 13.3. The van der Waals surface area contributed by atoms with Gasteiger partial charge < -0.3 is 15.0 Å². The van der Waals surface area contributed by atoms with Crippen LogP contribution in [0.25, 0.3) is 0 Å². The lowest BCUT2D eigenvalue weighted by molar-refractivity contribution is -0.139. The molecule has 0 fully saturated rings. The van der Waals surface area contributed by atoms with Gasteiger partial charge in [0.15, 0.2) is 0 Å². The van der Waals surface area contributed by atoms with Gasteiger partial charge in [-0.05, 0) is 74.7 Å². The number of sulfonamides is 1. The molecule has 0 aromatic heterocycles. The van der Waals surface area contributed by atoms with E-state index in [2.05, 4.69) is 5.32 Å². The Morgan fingerprint density at radius 1 is 0.949 bits per heavy atom. The Morgan fingerprint density at radius 2 is 1.62 bits per heavy atom. The van der Waals surface area contributed by atoms with E-state index < -0.39 is 28.5 Å². The molecule has 0 aliphatic rings. The zero-order chi connectivity index (χ0) is 28.6. The van der Waals surface area contributed by atoms with Gasteiger partial charge in [0.05, 0.1) is 17.7 Å². The van der Waals surface area contributed by atoms with Gasteiger partial charge in [-0.1, -0.05) is 48.9 Å². The van der Waals surface area contributed by atoms with Gasteiger partial charge in [-0.3, -0.25) is 13.9 Å². The van der Waals surface area contributed by atoms with Crippen LogP contribution in [0.5, 0.6) is 5.75 Å². The molecule has 0 aliphatic heterocycles. The molecule has 1 unspecified atom stereocenters. The summed E-state index contributed by atoms with van der Waals surface area (Å²) in [5, 5.41) is 2.84. The van der Waals surface area contributed by atoms with Crippen molar-refractivity contribution in [2.45, 2.75) is 51.6 Å². The fourth-order valence-corrected chi connectivity index (χ4v) is 5.46. The van der Waals surface area contributed by atoms with E-state index in [1.807, 2.05) is 39.0 Å². The zero-order valence-electron chi connectivity index (χ0n) is 23.2. The highest BCUT2D eigenvalue weighted by atomic mass is 32.2. The lowest BCUT2D eigenvalue weighted by atomic mass is 10.1. The van der Waals surface area contributed by atoms with Gasteiger partial charge in [-0.2, -0.15) is 0 Å². The zero-order valence-corrected chi connectivity index (χ0v) is 24.0. The molecule has 3 rings (SSSR count). The van der Waals surface area contributed by atoms with E-state index >= 15 is 0 Å². The van der Waals surface area contributed by atoms with Crippen molar-refractivity contribution < 1.29 is 22.7 Å². The monoisotopic (exact) mass is 551 g/mol. The minimum atomic E-state index is -4.09. The number of benzene rings is 3. The van der Waals surface area contributed by atoms with Crippen LogP contribution in [0.15, 0.2) is 77.7 Å².